The molecule has 90 valence electrons. The van der Waals surface area contributed by atoms with Crippen molar-refractivity contribution in [2.75, 3.05) is 26.9 Å². The van der Waals surface area contributed by atoms with E-state index in [1.54, 1.807) is 0 Å². The van der Waals surface area contributed by atoms with Gasteiger partial charge in [0, 0.05) is 13.2 Å². The Morgan fingerprint density at radius 3 is 2.38 bits per heavy atom. The minimum Gasteiger partial charge on any atom is -0.460 e. The highest BCUT2D eigenvalue weighted by Gasteiger charge is 2.00. The van der Waals surface area contributed by atoms with Gasteiger partial charge in [0.1, 0.15) is 19.8 Å². The molecule has 0 heterocycles. The molecule has 0 aromatic heterocycles. The van der Waals surface area contributed by atoms with E-state index in [0.717, 1.165) is 6.08 Å². The molecule has 0 aromatic carbocycles. The lowest BCUT2D eigenvalue weighted by molar-refractivity contribution is -0.147. The van der Waals surface area contributed by atoms with Crippen LogP contribution in [0, 0.1) is 0 Å². The maximum Gasteiger partial charge on any atom is 0.332 e. The molecule has 0 radical (unpaired) electrons. The largest absolute Gasteiger partial charge is 0.460 e. The first-order valence-corrected chi connectivity index (χ1v) is 4.53. The van der Waals surface area contributed by atoms with Crippen LogP contribution in [0.15, 0.2) is 12.2 Å². The molecule has 0 rings (SSSR count). The number of ether oxygens (including phenoxy) is 3. The van der Waals surface area contributed by atoms with E-state index in [-0.39, 0.29) is 25.6 Å². The molecule has 0 aliphatic heterocycles. The summed E-state index contributed by atoms with van der Waals surface area (Å²) in [6.07, 6.45) is 2.40. The molecule has 16 heavy (non-hydrogen) atoms. The number of carbonyl (C=O) groups excluding carboxylic acids is 3. The minimum atomic E-state index is -0.655. The number of carbonyl (C=O) groups is 3. The van der Waals surface area contributed by atoms with Gasteiger partial charge < -0.3 is 14.2 Å². The average Bonchev–Trinajstić information content (AvgIpc) is 2.22. The summed E-state index contributed by atoms with van der Waals surface area (Å²) < 4.78 is 13.7. The van der Waals surface area contributed by atoms with Crippen LogP contribution >= 0.6 is 0 Å². The molecule has 0 aliphatic rings. The molecule has 0 atom stereocenters. The number of hydrogen-bond donors (Lipinski definition) is 0. The highest BCUT2D eigenvalue weighted by Crippen LogP contribution is 1.85. The summed E-state index contributed by atoms with van der Waals surface area (Å²) in [7, 11) is 1.37. The lowest BCUT2D eigenvalue weighted by Crippen LogP contribution is -2.11. The highest BCUT2D eigenvalue weighted by atomic mass is 16.6. The fourth-order valence-electron chi connectivity index (χ4n) is 0.666. The third kappa shape index (κ3) is 8.89. The topological polar surface area (TPSA) is 78.9 Å². The van der Waals surface area contributed by atoms with Gasteiger partial charge in [-0.25, -0.2) is 9.59 Å². The van der Waals surface area contributed by atoms with Gasteiger partial charge >= 0.3 is 11.9 Å². The Bertz CT molecular complexity index is 281. The molecule has 0 spiro atoms. The number of Topliss-reactive ketones (excluding diaryl/α,β-unsaturated/α-hetero) is 1. The molecule has 0 amide bonds. The molecule has 0 fully saturated rings. The van der Waals surface area contributed by atoms with Crippen molar-refractivity contribution in [2.45, 2.75) is 6.92 Å². The second kappa shape index (κ2) is 8.60. The molecule has 0 aromatic rings. The van der Waals surface area contributed by atoms with E-state index in [4.69, 9.17) is 0 Å². The monoisotopic (exact) mass is 230 g/mol. The molecule has 0 saturated heterocycles. The summed E-state index contributed by atoms with van der Waals surface area (Å²) >= 11 is 0. The Labute approximate surface area is 93.2 Å². The van der Waals surface area contributed by atoms with Crippen molar-refractivity contribution in [3.63, 3.8) is 0 Å². The Morgan fingerprint density at radius 1 is 1.12 bits per heavy atom. The van der Waals surface area contributed by atoms with Crippen LogP contribution in [0.25, 0.3) is 0 Å². The SMILES string of the molecule is COCC(=O)OCC=CC(=O)OCC(C)=O. The predicted molar refractivity (Wildman–Crippen MR) is 53.6 cm³/mol. The Kier molecular flexibility index (Phi) is 7.70. The van der Waals surface area contributed by atoms with Crippen LogP contribution in [-0.2, 0) is 28.6 Å². The van der Waals surface area contributed by atoms with Crippen LogP contribution in [0.3, 0.4) is 0 Å². The molecule has 0 bridgehead atoms. The minimum absolute atomic E-state index is 0.0443. The van der Waals surface area contributed by atoms with Crippen LogP contribution in [-0.4, -0.2) is 44.7 Å². The first-order valence-electron chi connectivity index (χ1n) is 4.53. The summed E-state index contributed by atoms with van der Waals surface area (Å²) in [6.45, 7) is 0.871. The van der Waals surface area contributed by atoms with Crippen molar-refractivity contribution in [1.29, 1.82) is 0 Å². The molecule has 6 heteroatoms. The maximum atomic E-state index is 10.9. The first-order chi connectivity index (χ1) is 7.56. The van der Waals surface area contributed by atoms with Crippen molar-refractivity contribution in [3.8, 4) is 0 Å². The number of methoxy groups -OCH3 is 1. The summed E-state index contributed by atoms with van der Waals surface area (Å²) in [5, 5.41) is 0. The van der Waals surface area contributed by atoms with E-state index < -0.39 is 11.9 Å². The third-order valence-electron chi connectivity index (χ3n) is 1.27. The summed E-state index contributed by atoms with van der Waals surface area (Å²) in [6, 6.07) is 0. The summed E-state index contributed by atoms with van der Waals surface area (Å²) in [5.41, 5.74) is 0. The van der Waals surface area contributed by atoms with Gasteiger partial charge in [-0.1, -0.05) is 0 Å². The van der Waals surface area contributed by atoms with Gasteiger partial charge in [-0.05, 0) is 13.0 Å². The fourth-order valence-corrected chi connectivity index (χ4v) is 0.666. The van der Waals surface area contributed by atoms with Crippen LogP contribution in [0.5, 0.6) is 0 Å². The lowest BCUT2D eigenvalue weighted by Gasteiger charge is -1.99. The van der Waals surface area contributed by atoms with E-state index in [0.29, 0.717) is 0 Å². The first kappa shape index (κ1) is 14.3. The average molecular weight is 230 g/mol. The van der Waals surface area contributed by atoms with Crippen molar-refractivity contribution in [2.24, 2.45) is 0 Å². The lowest BCUT2D eigenvalue weighted by atomic mass is 10.5. The van der Waals surface area contributed by atoms with Gasteiger partial charge in [0.2, 0.25) is 0 Å². The molecular weight excluding hydrogens is 216 g/mol. The Morgan fingerprint density at radius 2 is 1.81 bits per heavy atom. The zero-order chi connectivity index (χ0) is 12.4. The van der Waals surface area contributed by atoms with E-state index in [2.05, 4.69) is 14.2 Å². The molecule has 0 N–H and O–H groups in total. The number of rotatable bonds is 7. The van der Waals surface area contributed by atoms with Gasteiger partial charge in [0.05, 0.1) is 0 Å². The molecule has 0 saturated carbocycles. The van der Waals surface area contributed by atoms with E-state index in [1.165, 1.54) is 20.1 Å². The standard InChI is InChI=1S/C10H14O6/c1-8(11)6-16-9(12)4-3-5-15-10(13)7-14-2/h3-4H,5-7H2,1-2H3. The molecular formula is C10H14O6. The summed E-state index contributed by atoms with van der Waals surface area (Å²) in [4.78, 5) is 32.1. The van der Waals surface area contributed by atoms with Crippen LogP contribution in [0.4, 0.5) is 0 Å². The zero-order valence-corrected chi connectivity index (χ0v) is 9.23. The van der Waals surface area contributed by atoms with Gasteiger partial charge in [0.15, 0.2) is 5.78 Å². The van der Waals surface area contributed by atoms with Gasteiger partial charge in [0.25, 0.3) is 0 Å². The number of esters is 2. The quantitative estimate of drug-likeness (QED) is 0.447. The predicted octanol–water partition coefficient (Wildman–Crippen LogP) is -0.136. The van der Waals surface area contributed by atoms with E-state index >= 15 is 0 Å². The zero-order valence-electron chi connectivity index (χ0n) is 9.23. The van der Waals surface area contributed by atoms with Crippen molar-refractivity contribution in [1.82, 2.24) is 0 Å². The maximum absolute atomic E-state index is 10.9. The second-order valence-electron chi connectivity index (χ2n) is 2.83. The molecule has 0 unspecified atom stereocenters. The van der Waals surface area contributed by atoms with Crippen molar-refractivity contribution >= 4 is 17.7 Å². The third-order valence-corrected chi connectivity index (χ3v) is 1.27. The van der Waals surface area contributed by atoms with E-state index in [9.17, 15) is 14.4 Å². The van der Waals surface area contributed by atoms with E-state index in [1.807, 2.05) is 0 Å². The Balaban J connectivity index is 3.63. The molecule has 6 nitrogen and oxygen atoms in total. The van der Waals surface area contributed by atoms with Crippen LogP contribution in [0.2, 0.25) is 0 Å². The highest BCUT2D eigenvalue weighted by molar-refractivity contribution is 5.85. The normalized spacial score (nSPS) is 10.1. The van der Waals surface area contributed by atoms with Crippen LogP contribution < -0.4 is 0 Å². The number of ketones is 1. The van der Waals surface area contributed by atoms with Gasteiger partial charge in [-0.15, -0.1) is 0 Å². The van der Waals surface area contributed by atoms with Crippen molar-refractivity contribution < 1.29 is 28.6 Å². The Hall–Kier alpha value is -1.69. The second-order valence-corrected chi connectivity index (χ2v) is 2.83. The number of hydrogen-bond acceptors (Lipinski definition) is 6. The smallest absolute Gasteiger partial charge is 0.332 e. The van der Waals surface area contributed by atoms with Crippen LogP contribution in [0.1, 0.15) is 6.92 Å². The molecule has 0 aliphatic carbocycles. The summed E-state index contributed by atoms with van der Waals surface area (Å²) in [5.74, 6) is -1.42. The fraction of sp³-hybridized carbons (Fsp3) is 0.500. The van der Waals surface area contributed by atoms with Gasteiger partial charge in [-0.2, -0.15) is 0 Å². The van der Waals surface area contributed by atoms with Crippen molar-refractivity contribution in [3.05, 3.63) is 12.2 Å². The van der Waals surface area contributed by atoms with Gasteiger partial charge in [-0.3, -0.25) is 4.79 Å².